The van der Waals surface area contributed by atoms with Gasteiger partial charge in [-0.05, 0) is 19.8 Å². The van der Waals surface area contributed by atoms with E-state index in [0.29, 0.717) is 11.3 Å². The molecule has 2 atom stereocenters. The quantitative estimate of drug-likeness (QED) is 0.405. The van der Waals surface area contributed by atoms with Crippen molar-refractivity contribution in [1.29, 1.82) is 0 Å². The lowest BCUT2D eigenvalue weighted by Gasteiger charge is -2.04. The molecule has 1 heterocycles. The predicted molar refractivity (Wildman–Crippen MR) is 46.5 cm³/mol. The summed E-state index contributed by atoms with van der Waals surface area (Å²) >= 11 is 1.86. The maximum absolute atomic E-state index is 5.20. The van der Waals surface area contributed by atoms with Crippen LogP contribution in [0.25, 0.3) is 0 Å². The van der Waals surface area contributed by atoms with Gasteiger partial charge in [-0.15, -0.1) is 6.42 Å². The van der Waals surface area contributed by atoms with Crippen molar-refractivity contribution in [3.05, 3.63) is 0 Å². The van der Waals surface area contributed by atoms with Crippen LogP contribution in [0, 0.1) is 12.3 Å². The van der Waals surface area contributed by atoms with Crippen LogP contribution in [-0.4, -0.2) is 28.0 Å². The molecular weight excluding hydrogens is 142 g/mol. The van der Waals surface area contributed by atoms with E-state index in [2.05, 4.69) is 29.9 Å². The average Bonchev–Trinajstić information content (AvgIpc) is 2.20. The Hall–Kier alpha value is -0.420. The molecule has 0 bridgehead atoms. The Morgan fingerprint density at radius 2 is 2.40 bits per heavy atom. The number of nitrogens with zero attached hydrogens (tertiary/aromatic N) is 1. The van der Waals surface area contributed by atoms with Gasteiger partial charge in [0.25, 0.3) is 0 Å². The Kier molecular flexibility index (Phi) is 2.39. The van der Waals surface area contributed by atoms with Crippen molar-refractivity contribution in [2.24, 2.45) is 0 Å². The fourth-order valence-corrected chi connectivity index (χ4v) is 1.94. The molecule has 0 saturated carbocycles. The van der Waals surface area contributed by atoms with Crippen molar-refractivity contribution >= 4 is 17.3 Å². The molecule has 2 unspecified atom stereocenters. The Bertz CT molecular complexity index is 190. The highest BCUT2D eigenvalue weighted by Gasteiger charge is 2.28. The van der Waals surface area contributed by atoms with E-state index in [9.17, 15) is 0 Å². The minimum absolute atomic E-state index is 0.598. The molecule has 0 saturated heterocycles. The van der Waals surface area contributed by atoms with Crippen LogP contribution < -0.4 is 0 Å². The van der Waals surface area contributed by atoms with E-state index in [1.807, 2.05) is 11.8 Å². The molecule has 1 nitrogen and oxygen atoms in total. The lowest BCUT2D eigenvalue weighted by molar-refractivity contribution is -0.540. The fraction of sp³-hybridized carbons (Fsp3) is 0.625. The minimum atomic E-state index is 0.598. The van der Waals surface area contributed by atoms with Crippen LogP contribution in [0.3, 0.4) is 0 Å². The molecule has 0 amide bonds. The smallest absolute Gasteiger partial charge is 0.204 e. The first-order valence-corrected chi connectivity index (χ1v) is 4.38. The third-order valence-corrected chi connectivity index (χ3v) is 3.10. The molecule has 0 aromatic heterocycles. The van der Waals surface area contributed by atoms with E-state index >= 15 is 0 Å². The first-order valence-electron chi connectivity index (χ1n) is 3.43. The van der Waals surface area contributed by atoms with E-state index in [1.54, 1.807) is 0 Å². The molecule has 0 radical (unpaired) electrons. The molecule has 10 heavy (non-hydrogen) atoms. The second kappa shape index (κ2) is 3.12. The summed E-state index contributed by atoms with van der Waals surface area (Å²) in [7, 11) is 0. The molecule has 1 rings (SSSR count). The number of hydrogen-bond donors (Lipinski definition) is 0. The third kappa shape index (κ3) is 1.35. The summed E-state index contributed by atoms with van der Waals surface area (Å²) in [6, 6.07) is 0.598. The number of rotatable bonds is 1. The SMILES string of the molecule is C#CC[N+]1=CSC(C)C1C. The third-order valence-electron chi connectivity index (χ3n) is 1.89. The summed E-state index contributed by atoms with van der Waals surface area (Å²) in [6.45, 7) is 5.18. The molecule has 0 aromatic rings. The molecule has 1 aliphatic heterocycles. The van der Waals surface area contributed by atoms with Crippen molar-refractivity contribution in [2.75, 3.05) is 6.54 Å². The summed E-state index contributed by atoms with van der Waals surface area (Å²) in [5.41, 5.74) is 2.13. The van der Waals surface area contributed by atoms with Gasteiger partial charge in [-0.2, -0.15) is 0 Å². The van der Waals surface area contributed by atoms with Gasteiger partial charge in [-0.3, -0.25) is 0 Å². The fourth-order valence-electron chi connectivity index (χ4n) is 0.940. The Labute approximate surface area is 66.5 Å². The molecule has 0 aromatic carbocycles. The van der Waals surface area contributed by atoms with Gasteiger partial charge in [0.2, 0.25) is 6.54 Å². The normalized spacial score (nSPS) is 31.5. The second-order valence-corrected chi connectivity index (χ2v) is 3.79. The molecular formula is C8H12NS+. The highest BCUT2D eigenvalue weighted by atomic mass is 32.2. The van der Waals surface area contributed by atoms with Crippen molar-refractivity contribution in [3.63, 3.8) is 0 Å². The second-order valence-electron chi connectivity index (χ2n) is 2.56. The van der Waals surface area contributed by atoms with Gasteiger partial charge in [-0.25, -0.2) is 4.58 Å². The van der Waals surface area contributed by atoms with Gasteiger partial charge in [0.1, 0.15) is 0 Å². The van der Waals surface area contributed by atoms with Crippen LogP contribution in [0.4, 0.5) is 0 Å². The topological polar surface area (TPSA) is 3.01 Å². The molecule has 0 spiro atoms. The summed E-state index contributed by atoms with van der Waals surface area (Å²) in [5.74, 6) is 2.64. The number of terminal acetylenes is 1. The molecule has 1 aliphatic rings. The molecule has 0 aliphatic carbocycles. The lowest BCUT2D eigenvalue weighted by atomic mass is 10.2. The molecule has 2 heteroatoms. The first-order chi connectivity index (χ1) is 4.75. The van der Waals surface area contributed by atoms with Crippen molar-refractivity contribution in [3.8, 4) is 12.3 Å². The zero-order valence-electron chi connectivity index (χ0n) is 6.37. The number of hydrogen-bond acceptors (Lipinski definition) is 1. The summed E-state index contributed by atoms with van der Waals surface area (Å²) in [5, 5.41) is 0.688. The lowest BCUT2D eigenvalue weighted by Crippen LogP contribution is -2.25. The highest BCUT2D eigenvalue weighted by molar-refractivity contribution is 8.12. The maximum Gasteiger partial charge on any atom is 0.204 e. The Morgan fingerprint density at radius 1 is 1.70 bits per heavy atom. The average molecular weight is 154 g/mol. The van der Waals surface area contributed by atoms with E-state index in [0.717, 1.165) is 6.54 Å². The molecule has 0 fully saturated rings. The van der Waals surface area contributed by atoms with Crippen LogP contribution >= 0.6 is 11.8 Å². The zero-order chi connectivity index (χ0) is 7.56. The Balaban J connectivity index is 2.56. The predicted octanol–water partition coefficient (Wildman–Crippen LogP) is 1.18. The van der Waals surface area contributed by atoms with Crippen LogP contribution in [0.2, 0.25) is 0 Å². The summed E-state index contributed by atoms with van der Waals surface area (Å²) in [6.07, 6.45) is 5.20. The van der Waals surface area contributed by atoms with Gasteiger partial charge in [0, 0.05) is 0 Å². The van der Waals surface area contributed by atoms with Crippen LogP contribution in [0.1, 0.15) is 13.8 Å². The summed E-state index contributed by atoms with van der Waals surface area (Å²) < 4.78 is 2.20. The first kappa shape index (κ1) is 7.68. The largest absolute Gasteiger partial charge is 0.215 e. The van der Waals surface area contributed by atoms with E-state index in [4.69, 9.17) is 6.42 Å². The van der Waals surface area contributed by atoms with Gasteiger partial charge >= 0.3 is 0 Å². The number of thioether (sulfide) groups is 1. The van der Waals surface area contributed by atoms with Crippen LogP contribution in [-0.2, 0) is 0 Å². The van der Waals surface area contributed by atoms with Crippen molar-refractivity contribution in [2.45, 2.75) is 25.1 Å². The maximum atomic E-state index is 5.20. The summed E-state index contributed by atoms with van der Waals surface area (Å²) in [4.78, 5) is 0. The molecule has 0 N–H and O–H groups in total. The van der Waals surface area contributed by atoms with Crippen molar-refractivity contribution in [1.82, 2.24) is 0 Å². The monoisotopic (exact) mass is 154 g/mol. The van der Waals surface area contributed by atoms with E-state index in [-0.39, 0.29) is 0 Å². The van der Waals surface area contributed by atoms with Crippen molar-refractivity contribution < 1.29 is 4.58 Å². The highest BCUT2D eigenvalue weighted by Crippen LogP contribution is 2.19. The standard InChI is InChI=1S/C8H12NS/c1-4-5-9-6-10-8(3)7(9)2/h1,6-8H,5H2,2-3H3/q+1. The molecule has 54 valence electrons. The van der Waals surface area contributed by atoms with E-state index < -0.39 is 0 Å². The zero-order valence-corrected chi connectivity index (χ0v) is 7.19. The van der Waals surface area contributed by atoms with Crippen LogP contribution in [0.15, 0.2) is 0 Å². The van der Waals surface area contributed by atoms with Gasteiger partial charge in [-0.1, -0.05) is 11.8 Å². The van der Waals surface area contributed by atoms with Gasteiger partial charge in [0.05, 0.1) is 5.25 Å². The minimum Gasteiger partial charge on any atom is -0.215 e. The van der Waals surface area contributed by atoms with E-state index in [1.165, 1.54) is 0 Å². The van der Waals surface area contributed by atoms with Crippen LogP contribution in [0.5, 0.6) is 0 Å². The van der Waals surface area contributed by atoms with Gasteiger partial charge < -0.3 is 0 Å². The Morgan fingerprint density at radius 3 is 2.80 bits per heavy atom. The van der Waals surface area contributed by atoms with Gasteiger partial charge in [0.15, 0.2) is 11.6 Å².